The molecule has 0 fully saturated rings. The van der Waals surface area contributed by atoms with Crippen LogP contribution in [0.2, 0.25) is 0 Å². The molecule has 1 amide bonds. The Balaban J connectivity index is 2.12. The highest BCUT2D eigenvalue weighted by Gasteiger charge is 2.20. The van der Waals surface area contributed by atoms with E-state index in [0.29, 0.717) is 5.75 Å². The van der Waals surface area contributed by atoms with Crippen molar-refractivity contribution in [3.63, 3.8) is 0 Å². The smallest absolute Gasteiger partial charge is 0.394 e. The molecule has 0 aliphatic carbocycles. The molecule has 2 aromatic rings. The fourth-order valence-electron chi connectivity index (χ4n) is 2.64. The number of carbonyl (C=O) groups is 2. The number of carbonyl (C=O) groups excluding carboxylic acids is 2. The summed E-state index contributed by atoms with van der Waals surface area (Å²) in [6.07, 6.45) is 2.25. The number of ether oxygens (including phenoxy) is 2. The van der Waals surface area contributed by atoms with Crippen LogP contribution in [0.25, 0.3) is 0 Å². The molecule has 27 heavy (non-hydrogen) atoms. The quantitative estimate of drug-likeness (QED) is 0.266. The van der Waals surface area contributed by atoms with E-state index in [4.69, 9.17) is 14.7 Å². The molecule has 0 aliphatic rings. The van der Waals surface area contributed by atoms with Crippen LogP contribution in [0.4, 0.5) is 4.79 Å². The van der Waals surface area contributed by atoms with Crippen LogP contribution < -0.4 is 14.8 Å². The molecule has 2 N–H and O–H groups in total. The van der Waals surface area contributed by atoms with Gasteiger partial charge in [-0.2, -0.15) is 4.57 Å². The molecule has 7 nitrogen and oxygen atoms in total. The molecular weight excluding hydrogens is 348 g/mol. The summed E-state index contributed by atoms with van der Waals surface area (Å²) in [6.45, 7) is 8.00. The Morgan fingerprint density at radius 3 is 2.26 bits per heavy atom. The van der Waals surface area contributed by atoms with Gasteiger partial charge in [-0.3, -0.25) is 10.0 Å². The number of para-hydroxylation sites is 1. The van der Waals surface area contributed by atoms with Gasteiger partial charge in [-0.25, -0.2) is 10.3 Å². The molecule has 0 unspecified atom stereocenters. The maximum Gasteiger partial charge on any atom is 0.518 e. The summed E-state index contributed by atoms with van der Waals surface area (Å²) in [7, 11) is 0. The molecule has 0 bridgehead atoms. The van der Waals surface area contributed by atoms with Crippen LogP contribution in [-0.4, -0.2) is 17.3 Å². The first-order valence-electron chi connectivity index (χ1n) is 8.74. The average molecular weight is 373 g/mol. The van der Waals surface area contributed by atoms with E-state index in [1.165, 1.54) is 16.8 Å². The molecule has 0 saturated carbocycles. The van der Waals surface area contributed by atoms with Crippen molar-refractivity contribution >= 4 is 12.1 Å². The predicted molar refractivity (Wildman–Crippen MR) is 97.6 cm³/mol. The number of pyridine rings is 1. The summed E-state index contributed by atoms with van der Waals surface area (Å²) in [6, 6.07) is 8.95. The van der Waals surface area contributed by atoms with Crippen LogP contribution >= 0.6 is 0 Å². The highest BCUT2D eigenvalue weighted by atomic mass is 16.7. The van der Waals surface area contributed by atoms with Gasteiger partial charge in [0.25, 0.3) is 12.6 Å². The van der Waals surface area contributed by atoms with E-state index in [9.17, 15) is 9.59 Å². The van der Waals surface area contributed by atoms with Gasteiger partial charge in [-0.05, 0) is 29.0 Å². The van der Waals surface area contributed by atoms with E-state index in [1.54, 1.807) is 17.7 Å². The van der Waals surface area contributed by atoms with Crippen molar-refractivity contribution in [1.82, 2.24) is 5.48 Å². The molecule has 0 spiro atoms. The van der Waals surface area contributed by atoms with E-state index in [2.05, 4.69) is 0 Å². The third kappa shape index (κ3) is 5.27. The Kier molecular flexibility index (Phi) is 6.90. The Hall–Kier alpha value is -2.93. The minimum absolute atomic E-state index is 0.133. The lowest BCUT2D eigenvalue weighted by Gasteiger charge is -2.18. The first-order chi connectivity index (χ1) is 12.8. The topological polar surface area (TPSA) is 88.7 Å². The fourth-order valence-corrected chi connectivity index (χ4v) is 2.64. The highest BCUT2D eigenvalue weighted by Crippen LogP contribution is 2.34. The van der Waals surface area contributed by atoms with E-state index in [1.807, 2.05) is 45.9 Å². The number of amides is 1. The first kappa shape index (κ1) is 20.4. The molecule has 1 aromatic carbocycles. The molecule has 7 heteroatoms. The van der Waals surface area contributed by atoms with Gasteiger partial charge < -0.3 is 9.47 Å². The summed E-state index contributed by atoms with van der Waals surface area (Å²) >= 11 is 0. The number of aromatic nitrogens is 1. The van der Waals surface area contributed by atoms with Gasteiger partial charge in [-0.1, -0.05) is 45.9 Å². The van der Waals surface area contributed by atoms with Gasteiger partial charge >= 0.3 is 6.16 Å². The summed E-state index contributed by atoms with van der Waals surface area (Å²) < 4.78 is 12.2. The third-order valence-electron chi connectivity index (χ3n) is 4.06. The normalized spacial score (nSPS) is 10.8. The molecule has 0 radical (unpaired) electrons. The van der Waals surface area contributed by atoms with Crippen molar-refractivity contribution < 1.29 is 28.8 Å². The second-order valence-corrected chi connectivity index (χ2v) is 6.75. The fraction of sp³-hybridized carbons (Fsp3) is 0.350. The number of benzene rings is 1. The second-order valence-electron chi connectivity index (χ2n) is 6.75. The van der Waals surface area contributed by atoms with Gasteiger partial charge in [0, 0.05) is 6.07 Å². The minimum atomic E-state index is -0.825. The lowest BCUT2D eigenvalue weighted by Crippen LogP contribution is -2.37. The lowest BCUT2D eigenvalue weighted by molar-refractivity contribution is -0.727. The van der Waals surface area contributed by atoms with Crippen molar-refractivity contribution in [2.45, 2.75) is 46.3 Å². The van der Waals surface area contributed by atoms with Crippen LogP contribution in [0.5, 0.6) is 5.75 Å². The zero-order valence-corrected chi connectivity index (χ0v) is 15.9. The van der Waals surface area contributed by atoms with Crippen molar-refractivity contribution in [1.29, 1.82) is 0 Å². The van der Waals surface area contributed by atoms with E-state index < -0.39 is 12.1 Å². The first-order valence-corrected chi connectivity index (χ1v) is 8.74. The van der Waals surface area contributed by atoms with E-state index in [0.717, 1.165) is 11.1 Å². The maximum absolute atomic E-state index is 12.2. The van der Waals surface area contributed by atoms with Crippen LogP contribution in [0, 0.1) is 0 Å². The maximum atomic E-state index is 12.2. The highest BCUT2D eigenvalue weighted by molar-refractivity contribution is 5.92. The molecular formula is C20H25N2O5+. The number of nitrogens with zero attached hydrogens (tertiary/aromatic N) is 1. The monoisotopic (exact) mass is 373 g/mol. The predicted octanol–water partition coefficient (Wildman–Crippen LogP) is 3.51. The Bertz CT molecular complexity index is 792. The number of hydrogen-bond donors (Lipinski definition) is 2. The third-order valence-corrected chi connectivity index (χ3v) is 4.06. The molecule has 2 rings (SSSR count). The van der Waals surface area contributed by atoms with Crippen molar-refractivity contribution in [3.05, 3.63) is 59.4 Å². The number of nitrogens with one attached hydrogen (secondary N) is 1. The van der Waals surface area contributed by atoms with Crippen molar-refractivity contribution in [3.8, 4) is 5.75 Å². The summed E-state index contributed by atoms with van der Waals surface area (Å²) in [5.41, 5.74) is 3.66. The Morgan fingerprint density at radius 1 is 1.07 bits per heavy atom. The van der Waals surface area contributed by atoms with Gasteiger partial charge in [0.2, 0.25) is 0 Å². The number of hydrogen-bond acceptors (Lipinski definition) is 5. The molecule has 0 atom stereocenters. The summed E-state index contributed by atoms with van der Waals surface area (Å²) in [5.74, 6) is 0.259. The van der Waals surface area contributed by atoms with Crippen molar-refractivity contribution in [2.24, 2.45) is 0 Å². The zero-order valence-electron chi connectivity index (χ0n) is 15.9. The average Bonchev–Trinajstić information content (AvgIpc) is 2.65. The van der Waals surface area contributed by atoms with Gasteiger partial charge in [-0.15, -0.1) is 0 Å². The van der Waals surface area contributed by atoms with Crippen LogP contribution in [0.15, 0.2) is 42.7 Å². The largest absolute Gasteiger partial charge is 0.518 e. The number of hydroxylamine groups is 1. The summed E-state index contributed by atoms with van der Waals surface area (Å²) in [4.78, 5) is 23.7. The zero-order chi connectivity index (χ0) is 20.0. The minimum Gasteiger partial charge on any atom is -0.394 e. The van der Waals surface area contributed by atoms with Gasteiger partial charge in [0.15, 0.2) is 12.4 Å². The SMILES string of the molecule is CC(C)c1cccc(C(C)C)c1OC(=O)OC[n+]1cccc(C(=O)NO)c1. The molecule has 0 saturated heterocycles. The molecule has 0 aliphatic heterocycles. The summed E-state index contributed by atoms with van der Waals surface area (Å²) in [5, 5.41) is 8.69. The van der Waals surface area contributed by atoms with Gasteiger partial charge in [0.1, 0.15) is 11.3 Å². The van der Waals surface area contributed by atoms with Crippen LogP contribution in [0.1, 0.15) is 61.0 Å². The molecule has 1 heterocycles. The van der Waals surface area contributed by atoms with Gasteiger partial charge in [0.05, 0.1) is 0 Å². The van der Waals surface area contributed by atoms with E-state index >= 15 is 0 Å². The van der Waals surface area contributed by atoms with Crippen LogP contribution in [0.3, 0.4) is 0 Å². The van der Waals surface area contributed by atoms with Crippen LogP contribution in [-0.2, 0) is 11.5 Å². The Labute approximate surface area is 158 Å². The molecule has 144 valence electrons. The Morgan fingerprint density at radius 2 is 1.70 bits per heavy atom. The number of rotatable bonds is 6. The standard InChI is InChI=1S/C20H24N2O5/c1-13(2)16-8-5-9-17(14(3)4)18(16)27-20(24)26-12-22-10-6-7-15(11-22)19(23)21-25/h5-11,13-14H,12H2,1-4H3,(H-,21,23,25)/p+1. The van der Waals surface area contributed by atoms with Crippen molar-refractivity contribution in [2.75, 3.05) is 0 Å². The lowest BCUT2D eigenvalue weighted by atomic mass is 9.94. The van der Waals surface area contributed by atoms with E-state index in [-0.39, 0.29) is 24.1 Å². The second kappa shape index (κ2) is 9.14. The molecule has 1 aromatic heterocycles.